The number of nitrogen functional groups attached to an aromatic ring is 1. The second-order valence-electron chi connectivity index (χ2n) is 5.57. The minimum atomic E-state index is -1.02. The van der Waals surface area contributed by atoms with Gasteiger partial charge in [-0.2, -0.15) is 0 Å². The van der Waals surface area contributed by atoms with Gasteiger partial charge < -0.3 is 15.8 Å². The molecule has 3 rings (SSSR count). The molecule has 0 saturated carbocycles. The summed E-state index contributed by atoms with van der Waals surface area (Å²) in [4.78, 5) is 11.4. The molecule has 0 unspecified atom stereocenters. The molecule has 0 saturated heterocycles. The third kappa shape index (κ3) is 2.92. The summed E-state index contributed by atoms with van der Waals surface area (Å²) in [5, 5.41) is 10.7. The summed E-state index contributed by atoms with van der Waals surface area (Å²) in [5.74, 6) is 6.04. The fraction of sp³-hybridized carbons (Fsp3) is 0.176. The van der Waals surface area contributed by atoms with Gasteiger partial charge in [-0.15, -0.1) is 0 Å². The fourth-order valence-electron chi connectivity index (χ4n) is 2.16. The molecule has 2 heterocycles. The number of aliphatic hydroxyl groups is 1. The van der Waals surface area contributed by atoms with Gasteiger partial charge in [0.25, 0.3) is 0 Å². The third-order valence-electron chi connectivity index (χ3n) is 3.14. The Morgan fingerprint density at radius 2 is 2.09 bits per heavy atom. The minimum absolute atomic E-state index is 0.241. The molecular formula is C17H16N4O. The van der Waals surface area contributed by atoms with E-state index in [2.05, 4.69) is 26.8 Å². The predicted molar refractivity (Wildman–Crippen MR) is 86.9 cm³/mol. The van der Waals surface area contributed by atoms with Gasteiger partial charge >= 0.3 is 0 Å². The van der Waals surface area contributed by atoms with Crippen molar-refractivity contribution in [1.29, 1.82) is 0 Å². The van der Waals surface area contributed by atoms with E-state index < -0.39 is 5.60 Å². The van der Waals surface area contributed by atoms with Crippen LogP contribution in [0.15, 0.2) is 36.7 Å². The highest BCUT2D eigenvalue weighted by molar-refractivity contribution is 5.95. The van der Waals surface area contributed by atoms with Crippen molar-refractivity contribution in [3.05, 3.63) is 42.2 Å². The molecule has 0 bridgehead atoms. The van der Waals surface area contributed by atoms with Crippen LogP contribution in [0.1, 0.15) is 19.4 Å². The lowest BCUT2D eigenvalue weighted by molar-refractivity contribution is 0.143. The molecule has 0 aliphatic carbocycles. The van der Waals surface area contributed by atoms with Gasteiger partial charge in [0.05, 0.1) is 5.69 Å². The molecule has 5 heteroatoms. The Kier molecular flexibility index (Phi) is 3.32. The average molecular weight is 292 g/mol. The molecule has 0 atom stereocenters. The summed E-state index contributed by atoms with van der Waals surface area (Å²) in [7, 11) is 0. The minimum Gasteiger partial charge on any atom is -0.378 e. The molecule has 0 radical (unpaired) electrons. The van der Waals surface area contributed by atoms with E-state index in [0.717, 1.165) is 27.7 Å². The number of aromatic amines is 1. The van der Waals surface area contributed by atoms with Crippen molar-refractivity contribution >= 4 is 16.9 Å². The second kappa shape index (κ2) is 5.17. The number of anilines is 1. The maximum atomic E-state index is 9.70. The Bertz CT molecular complexity index is 894. The fourth-order valence-corrected chi connectivity index (χ4v) is 2.16. The van der Waals surface area contributed by atoms with Crippen LogP contribution in [-0.4, -0.2) is 25.7 Å². The number of H-pyrrole nitrogens is 1. The number of nitrogens with one attached hydrogen (secondary N) is 1. The molecule has 1 aromatic carbocycles. The lowest BCUT2D eigenvalue weighted by Crippen LogP contribution is -2.14. The van der Waals surface area contributed by atoms with Crippen molar-refractivity contribution in [2.45, 2.75) is 19.4 Å². The van der Waals surface area contributed by atoms with Crippen LogP contribution >= 0.6 is 0 Å². The Labute approximate surface area is 128 Å². The molecule has 3 aromatic rings. The van der Waals surface area contributed by atoms with Crippen molar-refractivity contribution in [3.63, 3.8) is 0 Å². The van der Waals surface area contributed by atoms with Gasteiger partial charge in [-0.3, -0.25) is 0 Å². The molecule has 0 spiro atoms. The first-order valence-corrected chi connectivity index (χ1v) is 6.88. The summed E-state index contributed by atoms with van der Waals surface area (Å²) in [6.45, 7) is 3.31. The van der Waals surface area contributed by atoms with E-state index >= 15 is 0 Å². The quantitative estimate of drug-likeness (QED) is 0.601. The van der Waals surface area contributed by atoms with Crippen LogP contribution in [0.5, 0.6) is 0 Å². The van der Waals surface area contributed by atoms with E-state index in [4.69, 9.17) is 5.73 Å². The van der Waals surface area contributed by atoms with Crippen LogP contribution in [0, 0.1) is 11.8 Å². The van der Waals surface area contributed by atoms with E-state index in [-0.39, 0.29) is 5.95 Å². The first-order chi connectivity index (χ1) is 10.4. The lowest BCUT2D eigenvalue weighted by atomic mass is 10.1. The number of rotatable bonds is 1. The Balaban J connectivity index is 2.11. The summed E-state index contributed by atoms with van der Waals surface area (Å²) < 4.78 is 0. The number of fused-ring (bicyclic) bond motifs is 1. The van der Waals surface area contributed by atoms with E-state index in [9.17, 15) is 5.11 Å². The maximum absolute atomic E-state index is 9.70. The van der Waals surface area contributed by atoms with Crippen molar-refractivity contribution in [1.82, 2.24) is 15.0 Å². The van der Waals surface area contributed by atoms with Crippen molar-refractivity contribution < 1.29 is 5.11 Å². The summed E-state index contributed by atoms with van der Waals surface area (Å²) >= 11 is 0. The number of hydrogen-bond donors (Lipinski definition) is 3. The van der Waals surface area contributed by atoms with E-state index in [0.29, 0.717) is 0 Å². The first-order valence-electron chi connectivity index (χ1n) is 6.88. The Morgan fingerprint density at radius 3 is 2.82 bits per heavy atom. The molecule has 5 nitrogen and oxygen atoms in total. The van der Waals surface area contributed by atoms with Crippen LogP contribution in [0.2, 0.25) is 0 Å². The highest BCUT2D eigenvalue weighted by Gasteiger charge is 2.09. The number of benzene rings is 1. The first kappa shape index (κ1) is 14.1. The molecule has 0 fully saturated rings. The molecule has 0 amide bonds. The number of hydrogen-bond acceptors (Lipinski definition) is 4. The predicted octanol–water partition coefficient (Wildman–Crippen LogP) is 2.33. The second-order valence-corrected chi connectivity index (χ2v) is 5.57. The van der Waals surface area contributed by atoms with Gasteiger partial charge in [0.2, 0.25) is 5.95 Å². The zero-order valence-electron chi connectivity index (χ0n) is 12.4. The van der Waals surface area contributed by atoms with Crippen molar-refractivity contribution in [2.75, 3.05) is 5.73 Å². The zero-order valence-corrected chi connectivity index (χ0v) is 12.4. The van der Waals surface area contributed by atoms with Crippen molar-refractivity contribution in [3.8, 4) is 23.1 Å². The van der Waals surface area contributed by atoms with Crippen LogP contribution in [-0.2, 0) is 0 Å². The lowest BCUT2D eigenvalue weighted by Gasteiger charge is -2.06. The normalized spacial score (nSPS) is 11.2. The van der Waals surface area contributed by atoms with E-state index in [1.54, 1.807) is 20.0 Å². The van der Waals surface area contributed by atoms with Crippen LogP contribution in [0.3, 0.4) is 0 Å². The molecular weight excluding hydrogens is 276 g/mol. The van der Waals surface area contributed by atoms with Gasteiger partial charge in [-0.25, -0.2) is 9.97 Å². The summed E-state index contributed by atoms with van der Waals surface area (Å²) in [5.41, 5.74) is 8.15. The smallest absolute Gasteiger partial charge is 0.220 e. The zero-order chi connectivity index (χ0) is 15.7. The molecule has 110 valence electrons. The summed E-state index contributed by atoms with van der Waals surface area (Å²) in [6, 6.07) is 7.65. The highest BCUT2D eigenvalue weighted by Crippen LogP contribution is 2.28. The summed E-state index contributed by atoms with van der Waals surface area (Å²) in [6.07, 6.45) is 3.52. The largest absolute Gasteiger partial charge is 0.378 e. The Hall–Kier alpha value is -2.84. The molecule has 0 aliphatic heterocycles. The third-order valence-corrected chi connectivity index (χ3v) is 3.14. The number of nitrogens with two attached hydrogens (primary N) is 1. The van der Waals surface area contributed by atoms with Crippen LogP contribution in [0.4, 0.5) is 5.95 Å². The standard InChI is InChI=1S/C17H16N4O/c1-17(2,22)7-5-11-3-4-14-12(9-11)13(10-20-14)15-6-8-19-16(18)21-15/h3-4,6,8-10,20,22H,1-2H3,(H2,18,19,21). The van der Waals surface area contributed by atoms with Gasteiger partial charge in [-0.05, 0) is 38.1 Å². The van der Waals surface area contributed by atoms with E-state index in [1.807, 2.05) is 30.5 Å². The van der Waals surface area contributed by atoms with Gasteiger partial charge in [-0.1, -0.05) is 11.8 Å². The highest BCUT2D eigenvalue weighted by atomic mass is 16.3. The maximum Gasteiger partial charge on any atom is 0.220 e. The van der Waals surface area contributed by atoms with E-state index in [1.165, 1.54) is 0 Å². The molecule has 2 aromatic heterocycles. The van der Waals surface area contributed by atoms with Gasteiger partial charge in [0, 0.05) is 34.4 Å². The topological polar surface area (TPSA) is 87.8 Å². The molecule has 22 heavy (non-hydrogen) atoms. The number of nitrogens with zero attached hydrogens (tertiary/aromatic N) is 2. The Morgan fingerprint density at radius 1 is 1.27 bits per heavy atom. The monoisotopic (exact) mass is 292 g/mol. The average Bonchev–Trinajstić information content (AvgIpc) is 2.87. The van der Waals surface area contributed by atoms with Crippen molar-refractivity contribution in [2.24, 2.45) is 0 Å². The molecule has 0 aliphatic rings. The SMILES string of the molecule is CC(C)(O)C#Cc1ccc2[nH]cc(-c3ccnc(N)n3)c2c1. The van der Waals surface area contributed by atoms with Crippen LogP contribution < -0.4 is 5.73 Å². The van der Waals surface area contributed by atoms with Crippen LogP contribution in [0.25, 0.3) is 22.2 Å². The van der Waals surface area contributed by atoms with Gasteiger partial charge in [0.1, 0.15) is 5.60 Å². The number of aromatic nitrogens is 3. The molecule has 4 N–H and O–H groups in total. The van der Waals surface area contributed by atoms with Gasteiger partial charge in [0.15, 0.2) is 0 Å².